The topological polar surface area (TPSA) is 207 Å². The number of imide groups is 1. The van der Waals surface area contributed by atoms with Crippen molar-refractivity contribution in [2.45, 2.75) is 51.2 Å². The van der Waals surface area contributed by atoms with Gasteiger partial charge in [0.2, 0.25) is 5.95 Å². The Labute approximate surface area is 255 Å². The highest BCUT2D eigenvalue weighted by molar-refractivity contribution is 6.01. The van der Waals surface area contributed by atoms with E-state index >= 15 is 0 Å². The summed E-state index contributed by atoms with van der Waals surface area (Å²) in [4.78, 5) is 88.8. The molecule has 0 spiro atoms. The number of carbonyl (C=O) groups is 5. The number of anilines is 1. The van der Waals surface area contributed by atoms with Crippen molar-refractivity contribution in [3.8, 4) is 0 Å². The van der Waals surface area contributed by atoms with E-state index < -0.39 is 35.7 Å². The van der Waals surface area contributed by atoms with Crippen LogP contribution in [0.3, 0.4) is 0 Å². The van der Waals surface area contributed by atoms with E-state index in [9.17, 15) is 28.8 Å². The second kappa shape index (κ2) is 13.7. The van der Waals surface area contributed by atoms with Crippen molar-refractivity contribution in [2.24, 2.45) is 0 Å². The van der Waals surface area contributed by atoms with Crippen LogP contribution < -0.4 is 16.6 Å². The highest BCUT2D eigenvalue weighted by atomic mass is 16.7. The summed E-state index contributed by atoms with van der Waals surface area (Å²) in [6.45, 7) is -0.0479. The summed E-state index contributed by atoms with van der Waals surface area (Å²) in [7, 11) is 0. The summed E-state index contributed by atoms with van der Waals surface area (Å²) in [6.07, 6.45) is 2.13. The number of carbonyl (C=O) groups excluding carboxylic acids is 5. The lowest BCUT2D eigenvalue weighted by Crippen LogP contribution is -2.42. The molecule has 0 aliphatic carbocycles. The molecular weight excluding hydrogens is 584 g/mol. The Morgan fingerprint density at radius 3 is 2.38 bits per heavy atom. The van der Waals surface area contributed by atoms with Gasteiger partial charge in [-0.25, -0.2) is 9.59 Å². The Kier molecular flexibility index (Phi) is 9.31. The highest BCUT2D eigenvalue weighted by Gasteiger charge is 2.33. The van der Waals surface area contributed by atoms with Crippen LogP contribution in [0.2, 0.25) is 0 Å². The van der Waals surface area contributed by atoms with Gasteiger partial charge in [0.05, 0.1) is 11.8 Å². The molecule has 232 valence electrons. The number of nitrogens with two attached hydrogens (primary N) is 1. The van der Waals surface area contributed by atoms with E-state index in [0.29, 0.717) is 28.9 Å². The lowest BCUT2D eigenvalue weighted by atomic mass is 10.0. The fourth-order valence-electron chi connectivity index (χ4n) is 4.81. The van der Waals surface area contributed by atoms with Crippen LogP contribution in [0, 0.1) is 0 Å². The number of hydrogen-bond acceptors (Lipinski definition) is 10. The molecule has 2 aromatic heterocycles. The number of nitrogen functional groups attached to an aromatic ring is 1. The minimum atomic E-state index is -1.22. The van der Waals surface area contributed by atoms with Gasteiger partial charge in [0, 0.05) is 24.6 Å². The van der Waals surface area contributed by atoms with Gasteiger partial charge in [0.15, 0.2) is 0 Å². The van der Waals surface area contributed by atoms with Gasteiger partial charge in [0.1, 0.15) is 18.3 Å². The molecule has 3 amide bonds. The van der Waals surface area contributed by atoms with Crippen LogP contribution in [-0.2, 0) is 48.2 Å². The maximum absolute atomic E-state index is 13.1. The molecule has 14 nitrogen and oxygen atoms in total. The number of benzene rings is 2. The summed E-state index contributed by atoms with van der Waals surface area (Å²) in [6, 6.07) is 14.4. The maximum atomic E-state index is 13.1. The molecule has 45 heavy (non-hydrogen) atoms. The average Bonchev–Trinajstić information content (AvgIpc) is 3.59. The molecule has 1 aliphatic rings. The van der Waals surface area contributed by atoms with E-state index in [4.69, 9.17) is 15.3 Å². The zero-order valence-electron chi connectivity index (χ0n) is 24.0. The molecule has 4 aromatic rings. The van der Waals surface area contributed by atoms with Crippen molar-refractivity contribution in [3.63, 3.8) is 0 Å². The molecule has 1 saturated heterocycles. The largest absolute Gasteiger partial charge is 0.459 e. The number of hydroxylamine groups is 2. The summed E-state index contributed by atoms with van der Waals surface area (Å²) in [5.41, 5.74) is 8.34. The zero-order chi connectivity index (χ0) is 31.9. The van der Waals surface area contributed by atoms with Crippen molar-refractivity contribution < 1.29 is 33.5 Å². The fourth-order valence-corrected chi connectivity index (χ4v) is 4.81. The monoisotopic (exact) mass is 614 g/mol. The first kappa shape index (κ1) is 30.7. The molecular formula is C31H30N6O8. The Morgan fingerprint density at radius 2 is 1.67 bits per heavy atom. The number of aromatic nitrogens is 3. The van der Waals surface area contributed by atoms with E-state index in [0.717, 1.165) is 16.7 Å². The molecule has 0 saturated carbocycles. The van der Waals surface area contributed by atoms with Gasteiger partial charge in [-0.15, -0.1) is 5.06 Å². The Hall–Kier alpha value is -5.79. The van der Waals surface area contributed by atoms with Gasteiger partial charge < -0.3 is 25.6 Å². The quantitative estimate of drug-likeness (QED) is 0.135. The fraction of sp³-hybridized carbons (Fsp3) is 0.258. The first-order valence-electron chi connectivity index (χ1n) is 14.2. The number of hydrogen-bond donors (Lipinski definition) is 4. The lowest BCUT2D eigenvalue weighted by Gasteiger charge is -2.18. The minimum Gasteiger partial charge on any atom is -0.459 e. The Balaban J connectivity index is 1.21. The van der Waals surface area contributed by atoms with E-state index in [-0.39, 0.29) is 49.4 Å². The molecule has 5 N–H and O–H groups in total. The molecule has 1 fully saturated rings. The van der Waals surface area contributed by atoms with E-state index in [1.54, 1.807) is 54.7 Å². The first-order valence-corrected chi connectivity index (χ1v) is 14.2. The third kappa shape index (κ3) is 7.60. The molecule has 0 unspecified atom stereocenters. The molecule has 14 heteroatoms. The van der Waals surface area contributed by atoms with Crippen molar-refractivity contribution in [1.82, 2.24) is 25.3 Å². The summed E-state index contributed by atoms with van der Waals surface area (Å²) >= 11 is 0. The second-order valence-corrected chi connectivity index (χ2v) is 10.4. The molecule has 5 rings (SSSR count). The van der Waals surface area contributed by atoms with Crippen LogP contribution in [0.5, 0.6) is 0 Å². The zero-order valence-corrected chi connectivity index (χ0v) is 24.0. The highest BCUT2D eigenvalue weighted by Crippen LogP contribution is 2.17. The summed E-state index contributed by atoms with van der Waals surface area (Å²) < 4.78 is 5.40. The molecule has 2 aromatic carbocycles. The predicted octanol–water partition coefficient (Wildman–Crippen LogP) is 1.85. The van der Waals surface area contributed by atoms with Gasteiger partial charge in [0.25, 0.3) is 23.3 Å². The average molecular weight is 615 g/mol. The van der Waals surface area contributed by atoms with E-state index in [1.165, 1.54) is 0 Å². The molecule has 0 radical (unpaired) electrons. The number of ether oxygens (including phenoxy) is 1. The lowest BCUT2D eigenvalue weighted by molar-refractivity contribution is -0.197. The van der Waals surface area contributed by atoms with Crippen molar-refractivity contribution >= 4 is 46.6 Å². The molecule has 0 bridgehead atoms. The van der Waals surface area contributed by atoms with Crippen molar-refractivity contribution in [2.75, 3.05) is 5.73 Å². The van der Waals surface area contributed by atoms with Gasteiger partial charge >= 0.3 is 11.9 Å². The number of nitrogens with one attached hydrogen (secondary N) is 3. The Morgan fingerprint density at radius 1 is 0.956 bits per heavy atom. The molecule has 3 heterocycles. The molecule has 1 atom stereocenters. The van der Waals surface area contributed by atoms with Crippen LogP contribution in [0.25, 0.3) is 11.0 Å². The Bertz CT molecular complexity index is 1780. The number of nitrogens with zero attached hydrogens (tertiary/aromatic N) is 2. The third-order valence-electron chi connectivity index (χ3n) is 7.19. The van der Waals surface area contributed by atoms with E-state index in [1.807, 2.05) is 6.07 Å². The van der Waals surface area contributed by atoms with Crippen LogP contribution >= 0.6 is 0 Å². The number of rotatable bonds is 12. The molecule has 1 aliphatic heterocycles. The van der Waals surface area contributed by atoms with Crippen LogP contribution in [0.1, 0.15) is 52.7 Å². The number of aromatic amines is 2. The van der Waals surface area contributed by atoms with Crippen LogP contribution in [-0.4, -0.2) is 55.7 Å². The minimum absolute atomic E-state index is 0.0245. The van der Waals surface area contributed by atoms with Crippen LogP contribution in [0.4, 0.5) is 5.95 Å². The predicted molar refractivity (Wildman–Crippen MR) is 159 cm³/mol. The smallest absolute Gasteiger partial charge is 0.333 e. The van der Waals surface area contributed by atoms with Crippen LogP contribution in [0.15, 0.2) is 65.6 Å². The van der Waals surface area contributed by atoms with Gasteiger partial charge in [-0.1, -0.05) is 42.5 Å². The second-order valence-electron chi connectivity index (χ2n) is 10.4. The number of amides is 3. The first-order chi connectivity index (χ1) is 21.7. The number of H-pyrrole nitrogens is 2. The van der Waals surface area contributed by atoms with Gasteiger partial charge in [-0.2, -0.15) is 4.98 Å². The number of aryl methyl sites for hydroxylation is 2. The van der Waals surface area contributed by atoms with Crippen molar-refractivity contribution in [1.29, 1.82) is 0 Å². The SMILES string of the molecule is Nc1nc2[nH]cc(CCc3ccc(C(=O)N[C@@H](CCC(=O)ON4C(=O)CCC4=O)C(=O)OCc4ccccc4)cc3)c2c(=O)[nH]1. The normalized spacial score (nSPS) is 13.6. The van der Waals surface area contributed by atoms with Gasteiger partial charge in [-0.3, -0.25) is 24.2 Å². The van der Waals surface area contributed by atoms with E-state index in [2.05, 4.69) is 20.3 Å². The standard InChI is InChI=1S/C31H30N6O8/c32-31-35-27-26(29(42)36-31)21(16-33-27)11-8-18-6-9-20(10-7-18)28(41)34-22(30(43)44-17-19-4-2-1-3-5-19)12-15-25(40)45-37-23(38)13-14-24(37)39/h1-7,9-10,16,22H,8,11-15,17H2,(H,34,41)(H4,32,33,35,36,42)/t22-/m0/s1. The number of esters is 1. The maximum Gasteiger partial charge on any atom is 0.333 e. The third-order valence-corrected chi connectivity index (χ3v) is 7.19. The van der Waals surface area contributed by atoms with Crippen molar-refractivity contribution in [3.05, 3.63) is 93.4 Å². The number of fused-ring (bicyclic) bond motifs is 1. The summed E-state index contributed by atoms with van der Waals surface area (Å²) in [5, 5.41) is 3.48. The summed E-state index contributed by atoms with van der Waals surface area (Å²) in [5.74, 6) is -3.48. The van der Waals surface area contributed by atoms with Gasteiger partial charge in [-0.05, 0) is 48.1 Å².